The van der Waals surface area contributed by atoms with Gasteiger partial charge in [-0.05, 0) is 95.4 Å². The SMILES string of the molecule is CC(C)C[C@H](NC(=O)[C@H](CCCNC(=N)N)NC(=O)[C@H](Cc1ccc(O)cc1)NC(=O)[C@H](CCCCN)NC(=O)[C@H](CC(=O)O)NC(=O)[C@@H](NC(=O)[C@H](C)NC(=O)[C@H](CO)NC(=O)[C@@H](C)CCCNC(=N)N)[C@@H](C)O)C(N)=O. The van der Waals surface area contributed by atoms with Crippen LogP contribution in [0.1, 0.15) is 98.0 Å². The lowest BCUT2D eigenvalue weighted by molar-refractivity contribution is -0.142. The molecular weight excluding hydrogens is 1020 g/mol. The quantitative estimate of drug-likeness (QED) is 0.0168. The molecule has 0 spiro atoms. The van der Waals surface area contributed by atoms with Crippen molar-refractivity contribution < 1.29 is 68.4 Å². The number of nitrogens with one attached hydrogen (secondary N) is 12. The number of phenolic OH excluding ortho intramolecular Hbond substituents is 1. The number of amides is 9. The van der Waals surface area contributed by atoms with Gasteiger partial charge in [0.15, 0.2) is 11.9 Å². The average Bonchev–Trinajstić information content (AvgIpc) is 3.35. The Kier molecular flexibility index (Phi) is 31.0. The van der Waals surface area contributed by atoms with E-state index >= 15 is 0 Å². The van der Waals surface area contributed by atoms with Crippen molar-refractivity contribution in [3.05, 3.63) is 29.8 Å². The van der Waals surface area contributed by atoms with Gasteiger partial charge in [0.2, 0.25) is 53.2 Å². The zero-order chi connectivity index (χ0) is 59.2. The van der Waals surface area contributed by atoms with Crippen LogP contribution in [0.4, 0.5) is 0 Å². The number of carboxylic acid groups (broad SMARTS) is 1. The van der Waals surface area contributed by atoms with Crippen LogP contribution in [0.15, 0.2) is 24.3 Å². The summed E-state index contributed by atoms with van der Waals surface area (Å²) in [4.78, 5) is 133. The average molecular weight is 1110 g/mol. The first-order chi connectivity index (χ1) is 36.6. The van der Waals surface area contributed by atoms with E-state index in [2.05, 4.69) is 53.2 Å². The summed E-state index contributed by atoms with van der Waals surface area (Å²) < 4.78 is 0. The molecule has 0 aliphatic rings. The predicted molar refractivity (Wildman–Crippen MR) is 283 cm³/mol. The maximum absolute atomic E-state index is 14.3. The van der Waals surface area contributed by atoms with E-state index < -0.39 is 133 Å². The first kappa shape index (κ1) is 68.2. The van der Waals surface area contributed by atoms with Crippen LogP contribution in [-0.4, -0.2) is 172 Å². The number of benzene rings is 1. The van der Waals surface area contributed by atoms with Crippen molar-refractivity contribution >= 4 is 71.1 Å². The molecule has 0 bridgehead atoms. The molecule has 30 nitrogen and oxygen atoms in total. The molecule has 0 aromatic heterocycles. The Labute approximate surface area is 452 Å². The van der Waals surface area contributed by atoms with Gasteiger partial charge in [-0.15, -0.1) is 0 Å². The van der Waals surface area contributed by atoms with Crippen LogP contribution >= 0.6 is 0 Å². The van der Waals surface area contributed by atoms with Gasteiger partial charge < -0.3 is 96.5 Å². The summed E-state index contributed by atoms with van der Waals surface area (Å²) in [5, 5.41) is 79.3. The fourth-order valence-corrected chi connectivity index (χ4v) is 7.42. The fourth-order valence-electron chi connectivity index (χ4n) is 7.42. The van der Waals surface area contributed by atoms with Gasteiger partial charge in [-0.2, -0.15) is 0 Å². The number of rotatable bonds is 37. The van der Waals surface area contributed by atoms with Gasteiger partial charge in [0.25, 0.3) is 0 Å². The number of hydrogen-bond donors (Lipinski definition) is 20. The minimum Gasteiger partial charge on any atom is -0.508 e. The van der Waals surface area contributed by atoms with Crippen LogP contribution in [0, 0.1) is 22.7 Å². The Morgan fingerprint density at radius 3 is 1.50 bits per heavy atom. The third kappa shape index (κ3) is 26.8. The van der Waals surface area contributed by atoms with Gasteiger partial charge in [0.05, 0.1) is 19.1 Å². The highest BCUT2D eigenvalue weighted by Gasteiger charge is 2.36. The second-order valence-corrected chi connectivity index (χ2v) is 19.2. The molecule has 1 aromatic rings. The van der Waals surface area contributed by atoms with Gasteiger partial charge >= 0.3 is 5.97 Å². The second-order valence-electron chi connectivity index (χ2n) is 19.2. The lowest BCUT2D eigenvalue weighted by Gasteiger charge is -2.28. The van der Waals surface area contributed by atoms with Crippen molar-refractivity contribution in [3.8, 4) is 5.75 Å². The maximum Gasteiger partial charge on any atom is 0.305 e. The number of carboxylic acids is 1. The van der Waals surface area contributed by atoms with Crippen LogP contribution in [0.25, 0.3) is 0 Å². The van der Waals surface area contributed by atoms with Crippen LogP contribution in [0.3, 0.4) is 0 Å². The van der Waals surface area contributed by atoms with Crippen molar-refractivity contribution in [1.29, 1.82) is 10.8 Å². The smallest absolute Gasteiger partial charge is 0.305 e. The molecule has 0 fully saturated rings. The Bertz CT molecular complexity index is 2200. The lowest BCUT2D eigenvalue weighted by Crippen LogP contribution is -2.62. The molecule has 1 rings (SSSR count). The van der Waals surface area contributed by atoms with Crippen molar-refractivity contribution in [2.45, 2.75) is 153 Å². The number of phenols is 1. The zero-order valence-corrected chi connectivity index (χ0v) is 44.7. The molecule has 9 amide bonds. The molecule has 0 heterocycles. The summed E-state index contributed by atoms with van der Waals surface area (Å²) in [5.41, 5.74) is 22.3. The van der Waals surface area contributed by atoms with E-state index in [-0.39, 0.29) is 75.2 Å². The van der Waals surface area contributed by atoms with E-state index in [9.17, 15) is 68.4 Å². The summed E-state index contributed by atoms with van der Waals surface area (Å²) in [6, 6.07) is -6.79. The molecule has 78 heavy (non-hydrogen) atoms. The number of aliphatic hydroxyl groups excluding tert-OH is 2. The number of carbonyl (C=O) groups excluding carboxylic acids is 9. The molecule has 24 N–H and O–H groups in total. The lowest BCUT2D eigenvalue weighted by atomic mass is 10.0. The van der Waals surface area contributed by atoms with Crippen LogP contribution < -0.4 is 76.1 Å². The maximum atomic E-state index is 14.3. The summed E-state index contributed by atoms with van der Waals surface area (Å²) in [6.45, 7) is 7.14. The summed E-state index contributed by atoms with van der Waals surface area (Å²) in [6.07, 6.45) is -1.63. The standard InChI is InChI=1S/C48H82N16O14/c1-24(2)20-32(38(50)70)60-41(73)31(12-9-19-56-48(53)54)59-43(75)33(21-28-13-15-29(67)16-14-28)61-42(74)30(11-6-7-17-49)58-44(76)34(22-36(68)69)62-46(78)37(27(5)66)64-40(72)26(4)57-45(77)35(23-65)63-39(71)25(3)10-8-18-55-47(51)52/h13-16,24-27,30-35,37,65-67H,6-12,17-23,49H2,1-5H3,(H2,50,70)(H,57,77)(H,58,76)(H,59,75)(H,60,73)(H,61,74)(H,62,78)(H,63,71)(H,64,72)(H,68,69)(H4,51,52,55)(H4,53,54,56)/t25-,26-,27+,30-,31-,32-,33-,34-,35-,37-/m0/s1. The summed E-state index contributed by atoms with van der Waals surface area (Å²) in [5.74, 6) is -11.7. The molecule has 30 heteroatoms. The predicted octanol–water partition coefficient (Wildman–Crippen LogP) is -5.50. The minimum atomic E-state index is -1.97. The van der Waals surface area contributed by atoms with Crippen molar-refractivity contribution in [1.82, 2.24) is 53.2 Å². The van der Waals surface area contributed by atoms with E-state index in [1.165, 1.54) is 31.2 Å². The zero-order valence-electron chi connectivity index (χ0n) is 44.7. The van der Waals surface area contributed by atoms with E-state index in [0.29, 0.717) is 31.4 Å². The monoisotopic (exact) mass is 1110 g/mol. The number of carbonyl (C=O) groups is 10. The molecule has 438 valence electrons. The highest BCUT2D eigenvalue weighted by Crippen LogP contribution is 2.14. The van der Waals surface area contributed by atoms with Gasteiger partial charge in [-0.25, -0.2) is 0 Å². The molecule has 0 saturated carbocycles. The Balaban J connectivity index is 3.44. The molecule has 10 atom stereocenters. The second kappa shape index (κ2) is 35.5. The first-order valence-corrected chi connectivity index (χ1v) is 25.5. The number of aliphatic hydroxyl groups is 2. The molecule has 0 saturated heterocycles. The number of guanidine groups is 2. The molecule has 1 aromatic carbocycles. The van der Waals surface area contributed by atoms with E-state index in [1.807, 2.05) is 0 Å². The van der Waals surface area contributed by atoms with Crippen LogP contribution in [-0.2, 0) is 54.4 Å². The molecule has 0 aliphatic carbocycles. The largest absolute Gasteiger partial charge is 0.508 e. The Morgan fingerprint density at radius 2 is 1.01 bits per heavy atom. The summed E-state index contributed by atoms with van der Waals surface area (Å²) >= 11 is 0. The van der Waals surface area contributed by atoms with Gasteiger partial charge in [-0.1, -0.05) is 32.9 Å². The van der Waals surface area contributed by atoms with E-state index in [0.717, 1.165) is 6.92 Å². The Morgan fingerprint density at radius 1 is 0.551 bits per heavy atom. The van der Waals surface area contributed by atoms with Crippen LogP contribution in [0.5, 0.6) is 5.75 Å². The number of nitrogens with two attached hydrogens (primary N) is 4. The number of unbranched alkanes of at least 4 members (excludes halogenated alkanes) is 1. The molecule has 0 unspecified atom stereocenters. The third-order valence-electron chi connectivity index (χ3n) is 11.8. The van der Waals surface area contributed by atoms with Crippen molar-refractivity contribution in [2.75, 3.05) is 26.2 Å². The van der Waals surface area contributed by atoms with Crippen LogP contribution in [0.2, 0.25) is 0 Å². The normalized spacial score (nSPS) is 14.8. The Hall–Kier alpha value is -7.86. The van der Waals surface area contributed by atoms with Gasteiger partial charge in [0, 0.05) is 25.4 Å². The number of aromatic hydroxyl groups is 1. The number of aliphatic carboxylic acids is 1. The molecule has 0 aliphatic heterocycles. The van der Waals surface area contributed by atoms with E-state index in [4.69, 9.17) is 33.8 Å². The number of primary amides is 1. The fraction of sp³-hybridized carbons (Fsp3) is 0.625. The molecular formula is C48H82N16O14. The first-order valence-electron chi connectivity index (χ1n) is 25.5. The van der Waals surface area contributed by atoms with Gasteiger partial charge in [-0.3, -0.25) is 58.8 Å². The third-order valence-corrected chi connectivity index (χ3v) is 11.8. The van der Waals surface area contributed by atoms with Crippen molar-refractivity contribution in [2.24, 2.45) is 34.8 Å². The van der Waals surface area contributed by atoms with Gasteiger partial charge in [0.1, 0.15) is 54.1 Å². The number of hydrogen-bond acceptors (Lipinski definition) is 16. The summed E-state index contributed by atoms with van der Waals surface area (Å²) in [7, 11) is 0. The van der Waals surface area contributed by atoms with E-state index in [1.54, 1.807) is 20.8 Å². The highest BCUT2D eigenvalue weighted by molar-refractivity contribution is 5.99. The molecule has 0 radical (unpaired) electrons. The topological polar surface area (TPSA) is 524 Å². The minimum absolute atomic E-state index is 0.0644. The van der Waals surface area contributed by atoms with Crippen molar-refractivity contribution in [3.63, 3.8) is 0 Å². The highest BCUT2D eigenvalue weighted by atomic mass is 16.4.